The van der Waals surface area contributed by atoms with E-state index < -0.39 is 8.80 Å². The summed E-state index contributed by atoms with van der Waals surface area (Å²) in [6.45, 7) is 3.42. The molecule has 0 radical (unpaired) electrons. The lowest BCUT2D eigenvalue weighted by molar-refractivity contribution is 0.122. The number of hydrogen-bond donors (Lipinski definition) is 0. The summed E-state index contributed by atoms with van der Waals surface area (Å²) in [5, 5.41) is 0. The van der Waals surface area contributed by atoms with E-state index in [0.29, 0.717) is 0 Å². The van der Waals surface area contributed by atoms with E-state index in [1.165, 1.54) is 69.8 Å². The van der Waals surface area contributed by atoms with Crippen molar-refractivity contribution >= 4 is 8.80 Å². The Balaban J connectivity index is 2.03. The Labute approximate surface area is 162 Å². The van der Waals surface area contributed by atoms with Crippen LogP contribution in [0.4, 0.5) is 0 Å². The topological polar surface area (TPSA) is 32.6 Å². The van der Waals surface area contributed by atoms with Gasteiger partial charge in [-0.2, -0.15) is 0 Å². The first-order valence-electron chi connectivity index (χ1n) is 10.5. The monoisotopic (exact) mass is 383 g/mol. The van der Waals surface area contributed by atoms with Crippen molar-refractivity contribution in [3.8, 4) is 0 Å². The Kier molecular flexibility index (Phi) is 13.0. The molecule has 0 aliphatic carbocycles. The molecule has 0 aliphatic heterocycles. The molecule has 1 aromatic rings. The lowest BCUT2D eigenvalue weighted by Gasteiger charge is -2.24. The van der Waals surface area contributed by atoms with Crippen LogP contribution >= 0.6 is 0 Å². The highest BCUT2D eigenvalue weighted by atomic mass is 28.4. The van der Waals surface area contributed by atoms with Gasteiger partial charge in [0, 0.05) is 46.3 Å². The molecule has 5 heteroatoms. The maximum atomic E-state index is 5.46. The molecule has 26 heavy (non-hydrogen) atoms. The van der Waals surface area contributed by atoms with E-state index in [0.717, 1.165) is 19.0 Å². The van der Waals surface area contributed by atoms with E-state index in [9.17, 15) is 0 Å². The molecule has 1 rings (SSSR count). The molecule has 0 amide bonds. The van der Waals surface area contributed by atoms with Crippen molar-refractivity contribution in [1.82, 2.24) is 4.57 Å². The number of aryl methyl sites for hydroxylation is 2. The van der Waals surface area contributed by atoms with Gasteiger partial charge in [0.2, 0.25) is 0 Å². The summed E-state index contributed by atoms with van der Waals surface area (Å²) in [6, 6.07) is 3.21. The van der Waals surface area contributed by atoms with Crippen LogP contribution in [-0.2, 0) is 26.2 Å². The molecule has 1 aromatic heterocycles. The van der Waals surface area contributed by atoms with Gasteiger partial charge in [-0.15, -0.1) is 0 Å². The zero-order valence-corrected chi connectivity index (χ0v) is 18.6. The summed E-state index contributed by atoms with van der Waals surface area (Å²) >= 11 is 0. The molecule has 0 saturated heterocycles. The Hall–Kier alpha value is -0.623. The first kappa shape index (κ1) is 23.4. The van der Waals surface area contributed by atoms with Crippen LogP contribution in [0.15, 0.2) is 18.5 Å². The highest BCUT2D eigenvalue weighted by molar-refractivity contribution is 6.60. The molecule has 0 saturated carbocycles. The zero-order valence-electron chi connectivity index (χ0n) is 17.6. The molecule has 0 fully saturated rings. The number of rotatable bonds is 17. The van der Waals surface area contributed by atoms with Crippen LogP contribution in [0.3, 0.4) is 0 Å². The average Bonchev–Trinajstić information content (AvgIpc) is 3.12. The molecule has 0 N–H and O–H groups in total. The molecule has 0 bridgehead atoms. The van der Waals surface area contributed by atoms with E-state index in [4.69, 9.17) is 13.3 Å². The Bertz CT molecular complexity index is 438. The van der Waals surface area contributed by atoms with Crippen LogP contribution in [0.25, 0.3) is 0 Å². The fourth-order valence-corrected chi connectivity index (χ4v) is 5.23. The molecule has 0 aromatic carbocycles. The number of unbranched alkanes of at least 4 members (excludes halogenated alkanes) is 8. The number of aromatic nitrogens is 1. The Morgan fingerprint density at radius 1 is 0.808 bits per heavy atom. The van der Waals surface area contributed by atoms with Gasteiger partial charge < -0.3 is 17.8 Å². The molecule has 152 valence electrons. The van der Waals surface area contributed by atoms with Gasteiger partial charge in [-0.25, -0.2) is 0 Å². The summed E-state index contributed by atoms with van der Waals surface area (Å²) in [6.07, 6.45) is 18.8. The van der Waals surface area contributed by atoms with Crippen molar-refractivity contribution < 1.29 is 13.3 Å². The van der Waals surface area contributed by atoms with Gasteiger partial charge in [0.1, 0.15) is 0 Å². The molecule has 0 aliphatic rings. The quantitative estimate of drug-likeness (QED) is 0.251. The number of nitrogens with zero attached hydrogens (tertiary/aromatic N) is 1. The largest absolute Gasteiger partial charge is 0.500 e. The summed E-state index contributed by atoms with van der Waals surface area (Å²) in [5.41, 5.74) is 1.50. The smallest absolute Gasteiger partial charge is 0.377 e. The summed E-state index contributed by atoms with van der Waals surface area (Å²) in [7, 11) is 2.72. The van der Waals surface area contributed by atoms with Crippen molar-refractivity contribution in [2.75, 3.05) is 21.3 Å². The molecule has 0 spiro atoms. The van der Waals surface area contributed by atoms with E-state index in [1.807, 2.05) is 0 Å². The standard InChI is InChI=1S/C21H41NO3Si/c1-5-6-7-12-15-21-16-18-22(20-21)17-13-10-8-9-11-14-19-26(23-2,24-3)25-4/h16,18,20H,5-15,17,19H2,1-4H3. The van der Waals surface area contributed by atoms with Crippen molar-refractivity contribution in [2.45, 2.75) is 90.1 Å². The highest BCUT2D eigenvalue weighted by Crippen LogP contribution is 2.18. The molecule has 4 nitrogen and oxygen atoms in total. The lowest BCUT2D eigenvalue weighted by atomic mass is 10.1. The fraction of sp³-hybridized carbons (Fsp3) is 0.810. The predicted molar refractivity (Wildman–Crippen MR) is 112 cm³/mol. The third-order valence-corrected chi connectivity index (χ3v) is 8.04. The molecular weight excluding hydrogens is 342 g/mol. The summed E-state index contributed by atoms with van der Waals surface area (Å²) < 4.78 is 18.7. The first-order chi connectivity index (χ1) is 12.7. The van der Waals surface area contributed by atoms with Gasteiger partial charge in [0.15, 0.2) is 0 Å². The molecule has 0 unspecified atom stereocenters. The van der Waals surface area contributed by atoms with Crippen LogP contribution < -0.4 is 0 Å². The minimum atomic E-state index is -2.35. The minimum Gasteiger partial charge on any atom is -0.377 e. The van der Waals surface area contributed by atoms with Crippen LogP contribution in [0.2, 0.25) is 6.04 Å². The second-order valence-corrected chi connectivity index (χ2v) is 10.3. The van der Waals surface area contributed by atoms with E-state index >= 15 is 0 Å². The molecule has 0 atom stereocenters. The first-order valence-corrected chi connectivity index (χ1v) is 12.4. The fourth-order valence-electron chi connectivity index (χ4n) is 3.43. The van der Waals surface area contributed by atoms with Crippen LogP contribution in [0.1, 0.15) is 76.7 Å². The van der Waals surface area contributed by atoms with Gasteiger partial charge >= 0.3 is 8.80 Å². The maximum Gasteiger partial charge on any atom is 0.500 e. The van der Waals surface area contributed by atoms with Gasteiger partial charge in [-0.3, -0.25) is 0 Å². The average molecular weight is 384 g/mol. The van der Waals surface area contributed by atoms with Crippen molar-refractivity contribution in [3.63, 3.8) is 0 Å². The lowest BCUT2D eigenvalue weighted by Crippen LogP contribution is -2.42. The second-order valence-electron chi connectivity index (χ2n) is 7.23. The zero-order chi connectivity index (χ0) is 19.1. The molecular formula is C21H41NO3Si. The van der Waals surface area contributed by atoms with Gasteiger partial charge in [0.25, 0.3) is 0 Å². The summed E-state index contributed by atoms with van der Waals surface area (Å²) in [5.74, 6) is 0. The van der Waals surface area contributed by atoms with E-state index in [-0.39, 0.29) is 0 Å². The minimum absolute atomic E-state index is 0.918. The normalized spacial score (nSPS) is 12.0. The van der Waals surface area contributed by atoms with E-state index in [2.05, 4.69) is 30.0 Å². The highest BCUT2D eigenvalue weighted by Gasteiger charge is 2.36. The van der Waals surface area contributed by atoms with Gasteiger partial charge in [0.05, 0.1) is 0 Å². The third kappa shape index (κ3) is 9.35. The van der Waals surface area contributed by atoms with Crippen molar-refractivity contribution in [3.05, 3.63) is 24.0 Å². The number of hydrogen-bond acceptors (Lipinski definition) is 3. The van der Waals surface area contributed by atoms with Crippen LogP contribution in [0, 0.1) is 0 Å². The van der Waals surface area contributed by atoms with Gasteiger partial charge in [-0.1, -0.05) is 51.9 Å². The maximum absolute atomic E-state index is 5.46. The van der Waals surface area contributed by atoms with Crippen LogP contribution in [-0.4, -0.2) is 34.7 Å². The van der Waals surface area contributed by atoms with E-state index in [1.54, 1.807) is 21.3 Å². The third-order valence-electron chi connectivity index (χ3n) is 5.21. The van der Waals surface area contributed by atoms with Crippen molar-refractivity contribution in [2.24, 2.45) is 0 Å². The predicted octanol–water partition coefficient (Wildman–Crippen LogP) is 5.83. The van der Waals surface area contributed by atoms with Gasteiger partial charge in [-0.05, 0) is 37.3 Å². The van der Waals surface area contributed by atoms with Crippen LogP contribution in [0.5, 0.6) is 0 Å². The second kappa shape index (κ2) is 14.4. The van der Waals surface area contributed by atoms with Crippen molar-refractivity contribution in [1.29, 1.82) is 0 Å². The Morgan fingerprint density at radius 3 is 2.08 bits per heavy atom. The summed E-state index contributed by atoms with van der Waals surface area (Å²) in [4.78, 5) is 0. The SMILES string of the molecule is CCCCCCc1ccn(CCCCCCCC[Si](OC)(OC)OC)c1. The molecule has 1 heterocycles. The Morgan fingerprint density at radius 2 is 1.42 bits per heavy atom.